The lowest BCUT2D eigenvalue weighted by Crippen LogP contribution is -2.40. The largest absolute Gasteiger partial charge is 0.444 e. The van der Waals surface area contributed by atoms with E-state index in [0.29, 0.717) is 12.6 Å². The molecule has 0 aromatic carbocycles. The van der Waals surface area contributed by atoms with E-state index in [9.17, 15) is 9.90 Å². The molecule has 1 fully saturated rings. The summed E-state index contributed by atoms with van der Waals surface area (Å²) in [6, 6.07) is 0.530. The number of hydrogen-bond acceptors (Lipinski definition) is 4. The van der Waals surface area contributed by atoms with Crippen molar-refractivity contribution >= 4 is 6.09 Å². The molecule has 1 amide bonds. The average Bonchev–Trinajstić information content (AvgIpc) is 2.70. The van der Waals surface area contributed by atoms with Crippen LogP contribution in [0.3, 0.4) is 0 Å². The highest BCUT2D eigenvalue weighted by Crippen LogP contribution is 2.20. The van der Waals surface area contributed by atoms with Crippen LogP contribution in [0.25, 0.3) is 0 Å². The van der Waals surface area contributed by atoms with Crippen molar-refractivity contribution in [3.8, 4) is 0 Å². The van der Waals surface area contributed by atoms with Crippen LogP contribution in [-0.2, 0) is 4.74 Å². The van der Waals surface area contributed by atoms with Crippen LogP contribution >= 0.6 is 0 Å². The van der Waals surface area contributed by atoms with Gasteiger partial charge in [-0.25, -0.2) is 4.79 Å². The third-order valence-electron chi connectivity index (χ3n) is 3.54. The van der Waals surface area contributed by atoms with Gasteiger partial charge in [0, 0.05) is 18.6 Å². The van der Waals surface area contributed by atoms with Crippen LogP contribution in [0.2, 0.25) is 0 Å². The fraction of sp³-hybridized carbons (Fsp3) is 0.933. The molecule has 1 aliphatic carbocycles. The second kappa shape index (κ2) is 7.27. The quantitative estimate of drug-likeness (QED) is 0.723. The Hall–Kier alpha value is -0.810. The number of rotatable bonds is 5. The van der Waals surface area contributed by atoms with E-state index in [1.54, 1.807) is 0 Å². The Morgan fingerprint density at radius 3 is 2.45 bits per heavy atom. The van der Waals surface area contributed by atoms with Crippen LogP contribution in [0, 0.1) is 5.92 Å². The number of hydrogen-bond donors (Lipinski definition) is 3. The van der Waals surface area contributed by atoms with E-state index in [1.165, 1.54) is 0 Å². The first-order chi connectivity index (χ1) is 9.17. The molecule has 0 spiro atoms. The fourth-order valence-electron chi connectivity index (χ4n) is 2.30. The van der Waals surface area contributed by atoms with Crippen LogP contribution in [0.15, 0.2) is 0 Å². The van der Waals surface area contributed by atoms with Gasteiger partial charge in [0.2, 0.25) is 0 Å². The first kappa shape index (κ1) is 17.2. The molecule has 3 unspecified atom stereocenters. The minimum absolute atomic E-state index is 0.165. The summed E-state index contributed by atoms with van der Waals surface area (Å²) < 4.78 is 5.25. The Morgan fingerprint density at radius 2 is 1.90 bits per heavy atom. The van der Waals surface area contributed by atoms with Crippen molar-refractivity contribution in [1.82, 2.24) is 10.6 Å². The molecule has 20 heavy (non-hydrogen) atoms. The summed E-state index contributed by atoms with van der Waals surface area (Å²) >= 11 is 0. The summed E-state index contributed by atoms with van der Waals surface area (Å²) in [4.78, 5) is 11.7. The van der Waals surface area contributed by atoms with Crippen LogP contribution in [0.1, 0.15) is 53.9 Å². The predicted octanol–water partition coefficient (Wildman–Crippen LogP) is 2.04. The maximum Gasteiger partial charge on any atom is 0.407 e. The highest BCUT2D eigenvalue weighted by Gasteiger charge is 2.27. The Bertz CT molecular complexity index is 313. The lowest BCUT2D eigenvalue weighted by atomic mass is 10.1. The summed E-state index contributed by atoms with van der Waals surface area (Å²) in [5.41, 5.74) is -0.457. The summed E-state index contributed by atoms with van der Waals surface area (Å²) in [7, 11) is 0. The summed E-state index contributed by atoms with van der Waals surface area (Å²) in [5, 5.41) is 16.1. The number of ether oxygens (including phenoxy) is 1. The Balaban J connectivity index is 2.25. The third kappa shape index (κ3) is 6.57. The van der Waals surface area contributed by atoms with Gasteiger partial charge >= 0.3 is 6.09 Å². The van der Waals surface area contributed by atoms with Crippen molar-refractivity contribution in [2.24, 2.45) is 5.92 Å². The van der Waals surface area contributed by atoms with E-state index in [0.717, 1.165) is 19.3 Å². The predicted molar refractivity (Wildman–Crippen MR) is 79.6 cm³/mol. The second-order valence-electron chi connectivity index (χ2n) is 7.07. The molecule has 0 heterocycles. The van der Waals surface area contributed by atoms with Crippen molar-refractivity contribution in [3.63, 3.8) is 0 Å². The third-order valence-corrected chi connectivity index (χ3v) is 3.54. The molecule has 0 aromatic heterocycles. The summed E-state index contributed by atoms with van der Waals surface area (Å²) in [6.07, 6.45) is 2.21. The molecule has 0 aliphatic heterocycles. The molecule has 5 heteroatoms. The first-order valence-corrected chi connectivity index (χ1v) is 7.58. The second-order valence-corrected chi connectivity index (χ2v) is 7.07. The maximum atomic E-state index is 11.7. The topological polar surface area (TPSA) is 70.6 Å². The zero-order valence-electron chi connectivity index (χ0n) is 13.4. The van der Waals surface area contributed by atoms with E-state index in [1.807, 2.05) is 34.6 Å². The average molecular weight is 286 g/mol. The van der Waals surface area contributed by atoms with Gasteiger partial charge in [-0.1, -0.05) is 13.8 Å². The van der Waals surface area contributed by atoms with Gasteiger partial charge in [0.25, 0.3) is 0 Å². The number of alkyl carbamates (subject to hydrolysis) is 1. The van der Waals surface area contributed by atoms with Crippen LogP contribution in [0.4, 0.5) is 4.79 Å². The maximum absolute atomic E-state index is 11.7. The SMILES string of the molecule is CC(C)C(O)CNC1CCC(NC(=O)OC(C)(C)C)C1. The number of aliphatic hydroxyl groups is 1. The van der Waals surface area contributed by atoms with Gasteiger partial charge in [0.05, 0.1) is 6.10 Å². The van der Waals surface area contributed by atoms with Crippen molar-refractivity contribution in [3.05, 3.63) is 0 Å². The van der Waals surface area contributed by atoms with E-state index in [2.05, 4.69) is 10.6 Å². The van der Waals surface area contributed by atoms with Crippen LogP contribution in [-0.4, -0.2) is 41.5 Å². The van der Waals surface area contributed by atoms with E-state index in [-0.39, 0.29) is 24.2 Å². The molecular formula is C15H30N2O3. The highest BCUT2D eigenvalue weighted by molar-refractivity contribution is 5.68. The van der Waals surface area contributed by atoms with Crippen LogP contribution < -0.4 is 10.6 Å². The Labute approximate surface area is 122 Å². The molecule has 1 saturated carbocycles. The molecule has 118 valence electrons. The number of aliphatic hydroxyl groups excluding tert-OH is 1. The zero-order chi connectivity index (χ0) is 15.3. The Kier molecular flexibility index (Phi) is 6.27. The first-order valence-electron chi connectivity index (χ1n) is 7.58. The van der Waals surface area contributed by atoms with Gasteiger partial charge in [0.15, 0.2) is 0 Å². The molecule has 5 nitrogen and oxygen atoms in total. The van der Waals surface area contributed by atoms with Gasteiger partial charge in [-0.3, -0.25) is 0 Å². The van der Waals surface area contributed by atoms with E-state index < -0.39 is 5.60 Å². The normalized spacial score (nSPS) is 24.8. The molecule has 1 aliphatic rings. The summed E-state index contributed by atoms with van der Waals surface area (Å²) in [6.45, 7) is 10.2. The highest BCUT2D eigenvalue weighted by atomic mass is 16.6. The van der Waals surface area contributed by atoms with Gasteiger partial charge in [-0.15, -0.1) is 0 Å². The minimum Gasteiger partial charge on any atom is -0.444 e. The van der Waals surface area contributed by atoms with Gasteiger partial charge in [-0.05, 0) is 46.0 Å². The number of carbonyl (C=O) groups excluding carboxylic acids is 1. The number of carbonyl (C=O) groups is 1. The molecule has 0 radical (unpaired) electrons. The van der Waals surface area contributed by atoms with Crippen molar-refractivity contribution < 1.29 is 14.6 Å². The smallest absolute Gasteiger partial charge is 0.407 e. The molecule has 1 rings (SSSR count). The standard InChI is InChI=1S/C15H30N2O3/c1-10(2)13(18)9-16-11-6-7-12(8-11)17-14(19)20-15(3,4)5/h10-13,16,18H,6-9H2,1-5H3,(H,17,19). The number of amides is 1. The van der Waals surface area contributed by atoms with E-state index in [4.69, 9.17) is 4.74 Å². The molecule has 0 saturated heterocycles. The minimum atomic E-state index is -0.457. The van der Waals surface area contributed by atoms with Crippen molar-refractivity contribution in [1.29, 1.82) is 0 Å². The van der Waals surface area contributed by atoms with Crippen molar-refractivity contribution in [2.45, 2.75) is 77.7 Å². The lowest BCUT2D eigenvalue weighted by molar-refractivity contribution is 0.0504. The molecular weight excluding hydrogens is 256 g/mol. The molecule has 0 aromatic rings. The Morgan fingerprint density at radius 1 is 1.30 bits per heavy atom. The fourth-order valence-corrected chi connectivity index (χ4v) is 2.30. The van der Waals surface area contributed by atoms with Gasteiger partial charge in [0.1, 0.15) is 5.60 Å². The summed E-state index contributed by atoms with van der Waals surface area (Å²) in [5.74, 6) is 0.264. The molecule has 0 bridgehead atoms. The lowest BCUT2D eigenvalue weighted by Gasteiger charge is -2.22. The monoisotopic (exact) mass is 286 g/mol. The van der Waals surface area contributed by atoms with Gasteiger partial charge < -0.3 is 20.5 Å². The molecule has 3 atom stereocenters. The number of nitrogens with one attached hydrogen (secondary N) is 2. The molecule has 3 N–H and O–H groups in total. The zero-order valence-corrected chi connectivity index (χ0v) is 13.4. The van der Waals surface area contributed by atoms with E-state index >= 15 is 0 Å². The van der Waals surface area contributed by atoms with Crippen LogP contribution in [0.5, 0.6) is 0 Å². The van der Waals surface area contributed by atoms with Gasteiger partial charge in [-0.2, -0.15) is 0 Å². The van der Waals surface area contributed by atoms with Crippen molar-refractivity contribution in [2.75, 3.05) is 6.54 Å².